The van der Waals surface area contributed by atoms with Crippen LogP contribution in [0.5, 0.6) is 5.88 Å². The van der Waals surface area contributed by atoms with Crippen LogP contribution in [0.4, 0.5) is 5.69 Å². The fourth-order valence-electron chi connectivity index (χ4n) is 1.29. The summed E-state index contributed by atoms with van der Waals surface area (Å²) in [7, 11) is 0. The highest BCUT2D eigenvalue weighted by Crippen LogP contribution is 2.33. The largest absolute Gasteiger partial charge is 0.470 e. The Bertz CT molecular complexity index is 518. The third-order valence-electron chi connectivity index (χ3n) is 1.97. The number of nitrogens with two attached hydrogens (primary N) is 1. The molecule has 0 saturated carbocycles. The summed E-state index contributed by atoms with van der Waals surface area (Å²) < 4.78 is 6.95. The number of aromatic nitrogens is 1. The predicted molar refractivity (Wildman–Crippen MR) is 77.5 cm³/mol. The van der Waals surface area contributed by atoms with Gasteiger partial charge in [0, 0.05) is 0 Å². The van der Waals surface area contributed by atoms with Crippen molar-refractivity contribution in [3.63, 3.8) is 0 Å². The molecule has 5 heteroatoms. The van der Waals surface area contributed by atoms with Gasteiger partial charge in [0.05, 0.1) is 9.90 Å². The third-order valence-corrected chi connectivity index (χ3v) is 3.94. The number of nitrogen functional groups attached to an aromatic ring is 1. The van der Waals surface area contributed by atoms with Crippen LogP contribution in [-0.4, -0.2) is 10.6 Å². The number of anilines is 1. The Kier molecular flexibility index (Phi) is 3.82. The standard InChI is InChI=1S/C13H16N2OS2/c1-13(2,3)16-12-9(14)6-7-10(15-12)18-11-5-4-8-17-11/h4-8H,14H2,1-3H3. The van der Waals surface area contributed by atoms with Gasteiger partial charge in [0.25, 0.3) is 0 Å². The van der Waals surface area contributed by atoms with Gasteiger partial charge in [-0.05, 0) is 44.4 Å². The van der Waals surface area contributed by atoms with Crippen LogP contribution < -0.4 is 10.5 Å². The summed E-state index contributed by atoms with van der Waals surface area (Å²) in [5.41, 5.74) is 6.15. The lowest BCUT2D eigenvalue weighted by Crippen LogP contribution is -2.24. The smallest absolute Gasteiger partial charge is 0.238 e. The molecule has 2 aromatic heterocycles. The van der Waals surface area contributed by atoms with Gasteiger partial charge in [0.15, 0.2) is 0 Å². The highest BCUT2D eigenvalue weighted by molar-refractivity contribution is 8.01. The van der Waals surface area contributed by atoms with Crippen LogP contribution in [0.1, 0.15) is 20.8 Å². The van der Waals surface area contributed by atoms with Crippen molar-refractivity contribution in [3.05, 3.63) is 29.6 Å². The molecule has 0 atom stereocenters. The summed E-state index contributed by atoms with van der Waals surface area (Å²) >= 11 is 3.31. The highest BCUT2D eigenvalue weighted by atomic mass is 32.2. The molecule has 0 saturated heterocycles. The van der Waals surface area contributed by atoms with Crippen LogP contribution in [-0.2, 0) is 0 Å². The number of pyridine rings is 1. The summed E-state index contributed by atoms with van der Waals surface area (Å²) in [6.07, 6.45) is 0. The first-order chi connectivity index (χ1) is 8.44. The van der Waals surface area contributed by atoms with E-state index in [4.69, 9.17) is 10.5 Å². The van der Waals surface area contributed by atoms with Crippen molar-refractivity contribution >= 4 is 28.8 Å². The zero-order valence-corrected chi connectivity index (χ0v) is 12.3. The van der Waals surface area contributed by atoms with Gasteiger partial charge in [0.2, 0.25) is 5.88 Å². The summed E-state index contributed by atoms with van der Waals surface area (Å²) in [6.45, 7) is 5.94. The Labute approximate surface area is 115 Å². The van der Waals surface area contributed by atoms with E-state index in [0.717, 1.165) is 5.03 Å². The van der Waals surface area contributed by atoms with Crippen LogP contribution in [0.2, 0.25) is 0 Å². The molecule has 0 spiro atoms. The quantitative estimate of drug-likeness (QED) is 0.921. The first kappa shape index (κ1) is 13.2. The van der Waals surface area contributed by atoms with Crippen molar-refractivity contribution < 1.29 is 4.74 Å². The van der Waals surface area contributed by atoms with Crippen molar-refractivity contribution in [1.29, 1.82) is 0 Å². The number of hydrogen-bond donors (Lipinski definition) is 1. The molecule has 2 rings (SSSR count). The molecular weight excluding hydrogens is 264 g/mol. The second-order valence-electron chi connectivity index (χ2n) is 4.79. The molecule has 2 heterocycles. The van der Waals surface area contributed by atoms with Crippen LogP contribution in [0.25, 0.3) is 0 Å². The van der Waals surface area contributed by atoms with Crippen molar-refractivity contribution in [1.82, 2.24) is 4.98 Å². The van der Waals surface area contributed by atoms with E-state index in [1.165, 1.54) is 4.21 Å². The van der Waals surface area contributed by atoms with Gasteiger partial charge in [-0.15, -0.1) is 11.3 Å². The molecule has 0 radical (unpaired) electrons. The minimum absolute atomic E-state index is 0.298. The second-order valence-corrected chi connectivity index (χ2v) is 7.06. The van der Waals surface area contributed by atoms with Gasteiger partial charge < -0.3 is 10.5 Å². The lowest BCUT2D eigenvalue weighted by Gasteiger charge is -2.21. The van der Waals surface area contributed by atoms with Gasteiger partial charge in [-0.1, -0.05) is 17.8 Å². The summed E-state index contributed by atoms with van der Waals surface area (Å²) in [5, 5.41) is 2.94. The molecule has 0 aromatic carbocycles. The van der Waals surface area contributed by atoms with E-state index < -0.39 is 0 Å². The van der Waals surface area contributed by atoms with Gasteiger partial charge in [-0.25, -0.2) is 4.98 Å². The Hall–Kier alpha value is -1.20. The topological polar surface area (TPSA) is 48.1 Å². The zero-order chi connectivity index (χ0) is 13.2. The molecule has 0 aliphatic rings. The first-order valence-corrected chi connectivity index (χ1v) is 7.30. The third kappa shape index (κ3) is 3.65. The van der Waals surface area contributed by atoms with Crippen molar-refractivity contribution in [2.45, 2.75) is 35.6 Å². The minimum Gasteiger partial charge on any atom is -0.470 e. The minimum atomic E-state index is -0.298. The van der Waals surface area contributed by atoms with E-state index in [1.54, 1.807) is 23.1 Å². The molecule has 0 aliphatic heterocycles. The molecule has 0 unspecified atom stereocenters. The Balaban J connectivity index is 2.21. The maximum atomic E-state index is 5.88. The van der Waals surface area contributed by atoms with Gasteiger partial charge in [-0.2, -0.15) is 0 Å². The van der Waals surface area contributed by atoms with E-state index in [9.17, 15) is 0 Å². The van der Waals surface area contributed by atoms with E-state index >= 15 is 0 Å². The monoisotopic (exact) mass is 280 g/mol. The summed E-state index contributed by atoms with van der Waals surface area (Å²) in [5.74, 6) is 0.504. The average Bonchev–Trinajstić information content (AvgIpc) is 2.74. The van der Waals surface area contributed by atoms with Crippen LogP contribution in [0.3, 0.4) is 0 Å². The molecule has 0 bridgehead atoms. The van der Waals surface area contributed by atoms with Crippen molar-refractivity contribution in [2.24, 2.45) is 0 Å². The summed E-state index contributed by atoms with van der Waals surface area (Å²) in [4.78, 5) is 4.45. The zero-order valence-electron chi connectivity index (χ0n) is 10.6. The Morgan fingerprint density at radius 2 is 2.06 bits per heavy atom. The molecule has 0 aliphatic carbocycles. The average molecular weight is 280 g/mol. The van der Waals surface area contributed by atoms with Gasteiger partial charge >= 0.3 is 0 Å². The van der Waals surface area contributed by atoms with Gasteiger partial charge in [-0.3, -0.25) is 0 Å². The lowest BCUT2D eigenvalue weighted by atomic mass is 10.2. The van der Waals surface area contributed by atoms with E-state index in [2.05, 4.69) is 11.1 Å². The summed E-state index contributed by atoms with van der Waals surface area (Å²) in [6, 6.07) is 7.84. The normalized spacial score (nSPS) is 11.5. The maximum Gasteiger partial charge on any atom is 0.238 e. The molecule has 2 N–H and O–H groups in total. The number of rotatable bonds is 3. The molecule has 3 nitrogen and oxygen atoms in total. The number of hydrogen-bond acceptors (Lipinski definition) is 5. The fourth-order valence-corrected chi connectivity index (χ4v) is 2.97. The molecule has 0 amide bonds. The Morgan fingerprint density at radius 1 is 1.28 bits per heavy atom. The number of nitrogens with zero attached hydrogens (tertiary/aromatic N) is 1. The van der Waals surface area contributed by atoms with E-state index in [1.807, 2.05) is 44.4 Å². The number of ether oxygens (including phenoxy) is 1. The molecule has 18 heavy (non-hydrogen) atoms. The number of thiophene rings is 1. The highest BCUT2D eigenvalue weighted by Gasteiger charge is 2.15. The molecule has 2 aromatic rings. The first-order valence-electron chi connectivity index (χ1n) is 5.61. The lowest BCUT2D eigenvalue weighted by molar-refractivity contribution is 0.124. The van der Waals surface area contributed by atoms with Crippen LogP contribution in [0, 0.1) is 0 Å². The second kappa shape index (κ2) is 5.20. The fraction of sp³-hybridized carbons (Fsp3) is 0.308. The molecule has 0 fully saturated rings. The van der Waals surface area contributed by atoms with Gasteiger partial charge in [0.1, 0.15) is 10.6 Å². The van der Waals surface area contributed by atoms with Crippen LogP contribution >= 0.6 is 23.1 Å². The van der Waals surface area contributed by atoms with E-state index in [-0.39, 0.29) is 5.60 Å². The van der Waals surface area contributed by atoms with E-state index in [0.29, 0.717) is 11.6 Å². The van der Waals surface area contributed by atoms with Crippen LogP contribution in [0.15, 0.2) is 38.9 Å². The van der Waals surface area contributed by atoms with Crippen molar-refractivity contribution in [2.75, 3.05) is 5.73 Å². The molecular formula is C13H16N2OS2. The SMILES string of the molecule is CC(C)(C)Oc1nc(Sc2cccs2)ccc1N. The van der Waals surface area contributed by atoms with Crippen molar-refractivity contribution in [3.8, 4) is 5.88 Å². The maximum absolute atomic E-state index is 5.88. The predicted octanol–water partition coefficient (Wildman–Crippen LogP) is 4.05. The Morgan fingerprint density at radius 3 is 2.67 bits per heavy atom. The molecule has 96 valence electrons.